The van der Waals surface area contributed by atoms with E-state index < -0.39 is 9.84 Å². The van der Waals surface area contributed by atoms with Crippen molar-refractivity contribution >= 4 is 27.5 Å². The number of benzene rings is 2. The van der Waals surface area contributed by atoms with Crippen LogP contribution in [0.2, 0.25) is 0 Å². The molecule has 2 N–H and O–H groups in total. The van der Waals surface area contributed by atoms with Crippen LogP contribution >= 0.6 is 11.8 Å². The highest BCUT2D eigenvalue weighted by Crippen LogP contribution is 2.32. The lowest BCUT2D eigenvalue weighted by Crippen LogP contribution is -2.41. The molecule has 158 valence electrons. The zero-order valence-corrected chi connectivity index (χ0v) is 19.0. The van der Waals surface area contributed by atoms with Crippen molar-refractivity contribution < 1.29 is 13.2 Å². The number of nitrogens with one attached hydrogen (secondary N) is 2. The van der Waals surface area contributed by atoms with Crippen LogP contribution in [0.15, 0.2) is 69.5 Å². The van der Waals surface area contributed by atoms with Crippen molar-refractivity contribution in [1.82, 2.24) is 15.3 Å². The van der Waals surface area contributed by atoms with Crippen LogP contribution < -0.4 is 5.32 Å². The summed E-state index contributed by atoms with van der Waals surface area (Å²) in [4.78, 5) is 19.9. The third-order valence-electron chi connectivity index (χ3n) is 4.14. The zero-order chi connectivity index (χ0) is 21.9. The number of aromatic nitrogens is 2. The summed E-state index contributed by atoms with van der Waals surface area (Å²) in [6.45, 7) is 7.58. The minimum Gasteiger partial charge on any atom is -0.351 e. The molecule has 0 fully saturated rings. The maximum atomic E-state index is 13.3. The number of nitrogens with zero attached hydrogens (tertiary/aromatic N) is 1. The number of sulfone groups is 1. The fraction of sp³-hybridized carbons (Fsp3) is 0.273. The topological polar surface area (TPSA) is 91.9 Å². The fourth-order valence-corrected chi connectivity index (χ4v) is 5.20. The van der Waals surface area contributed by atoms with Crippen LogP contribution in [0.1, 0.15) is 26.3 Å². The SMILES string of the molecule is Cc1ccc(S(=O)(=O)c2[nH]c(-c3ccccc3)nc2SCC(=O)NC(C)(C)C)cc1. The maximum absolute atomic E-state index is 13.3. The van der Waals surface area contributed by atoms with Gasteiger partial charge in [-0.3, -0.25) is 4.79 Å². The maximum Gasteiger partial charge on any atom is 0.230 e. The molecule has 2 aromatic carbocycles. The standard InChI is InChI=1S/C22H25N3O3S2/c1-15-10-12-17(13-11-15)30(27,28)21-20(29-14-18(26)25-22(2,3)4)23-19(24-21)16-8-6-5-7-9-16/h5-13H,14H2,1-4H3,(H,23,24)(H,25,26). The average molecular weight is 444 g/mol. The van der Waals surface area contributed by atoms with Gasteiger partial charge in [-0.15, -0.1) is 0 Å². The third-order valence-corrected chi connectivity index (χ3v) is 6.97. The van der Waals surface area contributed by atoms with Gasteiger partial charge in [-0.05, 0) is 39.8 Å². The van der Waals surface area contributed by atoms with Crippen LogP contribution in [0.3, 0.4) is 0 Å². The van der Waals surface area contributed by atoms with Gasteiger partial charge < -0.3 is 10.3 Å². The molecule has 6 nitrogen and oxygen atoms in total. The monoisotopic (exact) mass is 443 g/mol. The molecule has 1 amide bonds. The van der Waals surface area contributed by atoms with Crippen LogP contribution in [0.25, 0.3) is 11.4 Å². The Morgan fingerprint density at radius 1 is 1.07 bits per heavy atom. The number of hydrogen-bond acceptors (Lipinski definition) is 5. The van der Waals surface area contributed by atoms with Gasteiger partial charge in [-0.2, -0.15) is 0 Å². The highest BCUT2D eigenvalue weighted by Gasteiger charge is 2.27. The third kappa shape index (κ3) is 5.31. The molecule has 0 bridgehead atoms. The Kier molecular flexibility index (Phi) is 6.38. The number of imidazole rings is 1. The summed E-state index contributed by atoms with van der Waals surface area (Å²) in [5, 5.41) is 3.15. The molecule has 3 aromatic rings. The van der Waals surface area contributed by atoms with Crippen molar-refractivity contribution in [3.05, 3.63) is 60.2 Å². The van der Waals surface area contributed by atoms with Crippen molar-refractivity contribution in [2.75, 3.05) is 5.75 Å². The molecule has 8 heteroatoms. The van der Waals surface area contributed by atoms with Gasteiger partial charge in [0.15, 0.2) is 5.03 Å². The highest BCUT2D eigenvalue weighted by atomic mass is 32.2. The van der Waals surface area contributed by atoms with Crippen molar-refractivity contribution in [2.24, 2.45) is 0 Å². The first-order valence-electron chi connectivity index (χ1n) is 9.47. The van der Waals surface area contributed by atoms with Gasteiger partial charge in [-0.1, -0.05) is 59.8 Å². The van der Waals surface area contributed by atoms with Gasteiger partial charge in [0.05, 0.1) is 10.6 Å². The van der Waals surface area contributed by atoms with E-state index in [9.17, 15) is 13.2 Å². The summed E-state index contributed by atoms with van der Waals surface area (Å²) in [6.07, 6.45) is 0. The highest BCUT2D eigenvalue weighted by molar-refractivity contribution is 8.00. The number of H-pyrrole nitrogens is 1. The first-order chi connectivity index (χ1) is 14.1. The number of thioether (sulfide) groups is 1. The molecule has 0 saturated heterocycles. The van der Waals surface area contributed by atoms with E-state index in [0.29, 0.717) is 5.82 Å². The molecule has 0 aliphatic rings. The van der Waals surface area contributed by atoms with Crippen molar-refractivity contribution in [3.8, 4) is 11.4 Å². The number of hydrogen-bond donors (Lipinski definition) is 2. The van der Waals surface area contributed by atoms with E-state index in [1.165, 1.54) is 0 Å². The van der Waals surface area contributed by atoms with Gasteiger partial charge in [0.2, 0.25) is 15.7 Å². The molecule has 0 unspecified atom stereocenters. The van der Waals surface area contributed by atoms with Gasteiger partial charge in [0, 0.05) is 11.1 Å². The molecule has 0 saturated carbocycles. The smallest absolute Gasteiger partial charge is 0.230 e. The average Bonchev–Trinajstić information content (AvgIpc) is 3.11. The summed E-state index contributed by atoms with van der Waals surface area (Å²) in [5.41, 5.74) is 1.37. The number of rotatable bonds is 6. The predicted octanol–water partition coefficient (Wildman–Crippen LogP) is 4.22. The van der Waals surface area contributed by atoms with E-state index in [-0.39, 0.29) is 32.1 Å². The van der Waals surface area contributed by atoms with Crippen LogP contribution in [-0.4, -0.2) is 35.6 Å². The van der Waals surface area contributed by atoms with Crippen LogP contribution in [-0.2, 0) is 14.6 Å². The van der Waals surface area contributed by atoms with E-state index in [4.69, 9.17) is 0 Å². The molecular weight excluding hydrogens is 418 g/mol. The van der Waals surface area contributed by atoms with Crippen LogP contribution in [0.4, 0.5) is 0 Å². The Bertz CT molecular complexity index is 1130. The summed E-state index contributed by atoms with van der Waals surface area (Å²) < 4.78 is 26.6. The van der Waals surface area contributed by atoms with Crippen molar-refractivity contribution in [1.29, 1.82) is 0 Å². The number of amides is 1. The molecule has 1 aromatic heterocycles. The summed E-state index contributed by atoms with van der Waals surface area (Å²) in [7, 11) is -3.83. The minimum absolute atomic E-state index is 0.00114. The minimum atomic E-state index is -3.83. The number of aromatic amines is 1. The van der Waals surface area contributed by atoms with E-state index >= 15 is 0 Å². The second kappa shape index (κ2) is 8.65. The van der Waals surface area contributed by atoms with Gasteiger partial charge in [0.1, 0.15) is 10.9 Å². The van der Waals surface area contributed by atoms with Gasteiger partial charge in [0.25, 0.3) is 0 Å². The van der Waals surface area contributed by atoms with Crippen LogP contribution in [0, 0.1) is 6.92 Å². The summed E-state index contributed by atoms with van der Waals surface area (Å²) in [6, 6.07) is 16.0. The predicted molar refractivity (Wildman–Crippen MR) is 119 cm³/mol. The molecule has 30 heavy (non-hydrogen) atoms. The molecule has 0 aliphatic carbocycles. The first-order valence-corrected chi connectivity index (χ1v) is 11.9. The molecule has 1 heterocycles. The largest absolute Gasteiger partial charge is 0.351 e. The second-order valence-corrected chi connectivity index (χ2v) is 10.8. The van der Waals surface area contributed by atoms with E-state index in [1.807, 2.05) is 58.0 Å². The van der Waals surface area contributed by atoms with E-state index in [0.717, 1.165) is 22.9 Å². The lowest BCUT2D eigenvalue weighted by molar-refractivity contribution is -0.119. The Hall–Kier alpha value is -2.58. The molecule has 0 atom stereocenters. The lowest BCUT2D eigenvalue weighted by Gasteiger charge is -2.20. The first kappa shape index (κ1) is 22.1. The summed E-state index contributed by atoms with van der Waals surface area (Å²) in [5.74, 6) is 0.322. The van der Waals surface area contributed by atoms with Gasteiger partial charge >= 0.3 is 0 Å². The molecule has 0 radical (unpaired) electrons. The summed E-state index contributed by atoms with van der Waals surface area (Å²) >= 11 is 1.10. The van der Waals surface area contributed by atoms with E-state index in [1.54, 1.807) is 24.3 Å². The van der Waals surface area contributed by atoms with E-state index in [2.05, 4.69) is 15.3 Å². The normalized spacial score (nSPS) is 12.0. The van der Waals surface area contributed by atoms with Crippen molar-refractivity contribution in [3.63, 3.8) is 0 Å². The molecular formula is C22H25N3O3S2. The quantitative estimate of drug-likeness (QED) is 0.557. The van der Waals surface area contributed by atoms with Crippen molar-refractivity contribution in [2.45, 2.75) is 48.2 Å². The fourth-order valence-electron chi connectivity index (χ4n) is 2.78. The molecule has 0 spiro atoms. The Labute approximate surface area is 181 Å². The zero-order valence-electron chi connectivity index (χ0n) is 17.4. The Morgan fingerprint density at radius 3 is 2.30 bits per heavy atom. The van der Waals surface area contributed by atoms with Gasteiger partial charge in [-0.25, -0.2) is 13.4 Å². The number of carbonyl (C=O) groups excluding carboxylic acids is 1. The molecule has 0 aliphatic heterocycles. The second-order valence-electron chi connectivity index (χ2n) is 7.99. The number of carbonyl (C=O) groups is 1. The Morgan fingerprint density at radius 2 is 1.70 bits per heavy atom. The lowest BCUT2D eigenvalue weighted by atomic mass is 10.1. The van der Waals surface area contributed by atoms with Crippen LogP contribution in [0.5, 0.6) is 0 Å². The Balaban J connectivity index is 1.99. The molecule has 3 rings (SSSR count). The number of aryl methyl sites for hydroxylation is 1.